The van der Waals surface area contributed by atoms with Gasteiger partial charge in [-0.1, -0.05) is 97.1 Å². The third-order valence-corrected chi connectivity index (χ3v) is 12.5. The fraction of sp³-hybridized carbons (Fsp3) is 0.0612. The van der Waals surface area contributed by atoms with Crippen LogP contribution in [0, 0.1) is 0 Å². The number of imidazole rings is 2. The maximum atomic E-state index is 5.43. The Bertz CT molecular complexity index is 3520. The van der Waals surface area contributed by atoms with E-state index in [1.54, 1.807) is 0 Å². The summed E-state index contributed by atoms with van der Waals surface area (Å²) in [6.07, 6.45) is 0. The highest BCUT2D eigenvalue weighted by Crippen LogP contribution is 2.44. The number of hydrogen-bond acceptors (Lipinski definition) is 2. The zero-order chi connectivity index (χ0) is 35.6. The van der Waals surface area contributed by atoms with Gasteiger partial charge >= 0.3 is 0 Å². The van der Waals surface area contributed by atoms with Crippen LogP contribution in [0.3, 0.4) is 0 Å². The van der Waals surface area contributed by atoms with E-state index in [4.69, 9.17) is 9.97 Å². The Labute approximate surface area is 308 Å². The van der Waals surface area contributed by atoms with Crippen LogP contribution in [0.4, 0.5) is 0 Å². The van der Waals surface area contributed by atoms with Gasteiger partial charge in [0.25, 0.3) is 0 Å². The van der Waals surface area contributed by atoms with E-state index in [0.717, 1.165) is 33.8 Å². The van der Waals surface area contributed by atoms with Gasteiger partial charge in [0.05, 0.1) is 22.1 Å². The summed E-state index contributed by atoms with van der Waals surface area (Å²) in [4.78, 5) is 10.9. The van der Waals surface area contributed by atoms with Crippen molar-refractivity contribution in [2.45, 2.75) is 0 Å². The number of nitrogens with zero attached hydrogens (tertiary/aromatic N) is 5. The van der Waals surface area contributed by atoms with Crippen molar-refractivity contribution in [3.63, 3.8) is 0 Å². The predicted molar refractivity (Wildman–Crippen MR) is 227 cm³/mol. The minimum Gasteiger partial charge on any atom is -0.344 e. The first-order chi connectivity index (χ1) is 26.5. The van der Waals surface area contributed by atoms with Gasteiger partial charge in [0.1, 0.15) is 11.6 Å². The van der Waals surface area contributed by atoms with Crippen molar-refractivity contribution in [2.75, 3.05) is 0 Å². The maximum Gasteiger partial charge on any atom is 0.140 e. The predicted octanol–water partition coefficient (Wildman–Crippen LogP) is 12.2. The SMILES string of the molecule is Cn1c(-c2ccc3c(c2)c2cc(-c4nc5c6cccc7ccc8cccc(c8c76)c5n4C)ccc2n3C)nc2c3cccc4ccc5cccc(c5c43)c21. The third kappa shape index (κ3) is 3.36. The average Bonchev–Trinajstić information content (AvgIpc) is 3.85. The van der Waals surface area contributed by atoms with Crippen LogP contribution in [0.5, 0.6) is 0 Å². The third-order valence-electron chi connectivity index (χ3n) is 12.5. The minimum atomic E-state index is 0.969. The van der Waals surface area contributed by atoms with Crippen LogP contribution in [0.2, 0.25) is 0 Å². The number of fused-ring (bicyclic) bond motifs is 9. The molecule has 0 radical (unpaired) electrons. The second kappa shape index (κ2) is 9.71. The van der Waals surface area contributed by atoms with E-state index >= 15 is 0 Å². The van der Waals surface area contributed by atoms with Gasteiger partial charge in [0.15, 0.2) is 0 Å². The van der Waals surface area contributed by atoms with E-state index in [0.29, 0.717) is 0 Å². The molecule has 5 heteroatoms. The first-order valence-electron chi connectivity index (χ1n) is 18.6. The maximum absolute atomic E-state index is 5.43. The molecule has 0 aliphatic rings. The van der Waals surface area contributed by atoms with Crippen LogP contribution < -0.4 is 0 Å². The van der Waals surface area contributed by atoms with Gasteiger partial charge in [-0.3, -0.25) is 0 Å². The molecule has 0 spiro atoms. The van der Waals surface area contributed by atoms with Crippen molar-refractivity contribution in [1.29, 1.82) is 0 Å². The molecule has 0 atom stereocenters. The van der Waals surface area contributed by atoms with Crippen molar-refractivity contribution in [2.24, 2.45) is 21.1 Å². The van der Waals surface area contributed by atoms with E-state index in [-0.39, 0.29) is 0 Å². The highest BCUT2D eigenvalue weighted by molar-refractivity contribution is 6.34. The summed E-state index contributed by atoms with van der Waals surface area (Å²) in [5.41, 5.74) is 9.05. The molecule has 54 heavy (non-hydrogen) atoms. The molecule has 13 rings (SSSR count). The molecule has 0 unspecified atom stereocenters. The molecule has 0 saturated carbocycles. The first-order valence-corrected chi connectivity index (χ1v) is 18.6. The van der Waals surface area contributed by atoms with Gasteiger partial charge in [-0.05, 0) is 79.5 Å². The highest BCUT2D eigenvalue weighted by Gasteiger charge is 2.22. The standard InChI is InChI=1S/C49H31N5/c1-52-38-22-20-30(48-50-44-32-12-4-8-26-16-18-28-10-6-14-34(42(28)40(26)32)46(44)53(48)2)24-36(38)37-25-31(21-23-39(37)52)49-51-45-33-13-5-9-27-17-19-29-11-7-15-35(43(29)41(27)33)47(45)54(49)3/h4-25H,1-3H3. The Balaban J connectivity index is 1.05. The molecule has 10 aromatic carbocycles. The molecule has 0 aliphatic carbocycles. The molecule has 0 saturated heterocycles. The largest absolute Gasteiger partial charge is 0.344 e. The number of aryl methyl sites for hydroxylation is 3. The van der Waals surface area contributed by atoms with Gasteiger partial charge in [0, 0.05) is 75.6 Å². The second-order valence-electron chi connectivity index (χ2n) is 15.2. The van der Waals surface area contributed by atoms with E-state index in [2.05, 4.69) is 168 Å². The molecule has 0 N–H and O–H groups in total. The van der Waals surface area contributed by atoms with Crippen LogP contribution in [-0.4, -0.2) is 23.7 Å². The Kier molecular flexibility index (Phi) is 5.14. The number of rotatable bonds is 2. The molecule has 13 aromatic rings. The van der Waals surface area contributed by atoms with Gasteiger partial charge in [-0.25, -0.2) is 9.97 Å². The summed E-state index contributed by atoms with van der Waals surface area (Å²) in [7, 11) is 6.50. The lowest BCUT2D eigenvalue weighted by molar-refractivity contribution is 0.962. The van der Waals surface area contributed by atoms with E-state index in [9.17, 15) is 0 Å². The van der Waals surface area contributed by atoms with Crippen LogP contribution in [-0.2, 0) is 21.1 Å². The van der Waals surface area contributed by atoms with Crippen LogP contribution in [0.25, 0.3) is 131 Å². The lowest BCUT2D eigenvalue weighted by atomic mass is 9.93. The molecule has 0 aliphatic heterocycles. The molecule has 0 bridgehead atoms. The summed E-state index contributed by atoms with van der Waals surface area (Å²) < 4.78 is 6.91. The normalized spacial score (nSPS) is 12.7. The van der Waals surface area contributed by atoms with Crippen LogP contribution >= 0.6 is 0 Å². The highest BCUT2D eigenvalue weighted by atomic mass is 15.1. The quantitative estimate of drug-likeness (QED) is 0.170. The fourth-order valence-electron chi connectivity index (χ4n) is 10.1. The molecular formula is C49H31N5. The zero-order valence-corrected chi connectivity index (χ0v) is 29.9. The Hall–Kier alpha value is -6.98. The first kappa shape index (κ1) is 28.6. The smallest absolute Gasteiger partial charge is 0.140 e. The molecule has 252 valence electrons. The molecule has 5 nitrogen and oxygen atoms in total. The van der Waals surface area contributed by atoms with Gasteiger partial charge in [-0.15, -0.1) is 0 Å². The molecular weight excluding hydrogens is 659 g/mol. The van der Waals surface area contributed by atoms with Crippen molar-refractivity contribution >= 4 is 109 Å². The van der Waals surface area contributed by atoms with E-state index in [1.165, 1.54) is 97.5 Å². The Morgan fingerprint density at radius 3 is 1.13 bits per heavy atom. The zero-order valence-electron chi connectivity index (χ0n) is 29.9. The van der Waals surface area contributed by atoms with Gasteiger partial charge in [0.2, 0.25) is 0 Å². The van der Waals surface area contributed by atoms with Gasteiger partial charge in [-0.2, -0.15) is 0 Å². The fourth-order valence-corrected chi connectivity index (χ4v) is 10.1. The lowest BCUT2D eigenvalue weighted by Gasteiger charge is -2.12. The van der Waals surface area contributed by atoms with Crippen LogP contribution in [0.15, 0.2) is 133 Å². The lowest BCUT2D eigenvalue weighted by Crippen LogP contribution is -1.94. The molecule has 3 heterocycles. The number of benzene rings is 10. The summed E-state index contributed by atoms with van der Waals surface area (Å²) in [6, 6.07) is 49.1. The topological polar surface area (TPSA) is 40.6 Å². The average molecular weight is 690 g/mol. The summed E-state index contributed by atoms with van der Waals surface area (Å²) in [6.45, 7) is 0. The van der Waals surface area contributed by atoms with Gasteiger partial charge < -0.3 is 13.7 Å². The summed E-state index contributed by atoms with van der Waals surface area (Å²) in [5.74, 6) is 1.94. The number of aromatic nitrogens is 5. The molecule has 0 amide bonds. The van der Waals surface area contributed by atoms with Crippen molar-refractivity contribution in [3.05, 3.63) is 133 Å². The molecule has 3 aromatic heterocycles. The van der Waals surface area contributed by atoms with Crippen molar-refractivity contribution < 1.29 is 0 Å². The Morgan fingerprint density at radius 1 is 0.352 bits per heavy atom. The minimum absolute atomic E-state index is 0.969. The van der Waals surface area contributed by atoms with E-state index < -0.39 is 0 Å². The van der Waals surface area contributed by atoms with Crippen molar-refractivity contribution in [1.82, 2.24) is 23.7 Å². The van der Waals surface area contributed by atoms with Crippen molar-refractivity contribution in [3.8, 4) is 22.8 Å². The number of hydrogen-bond donors (Lipinski definition) is 0. The van der Waals surface area contributed by atoms with E-state index in [1.807, 2.05) is 0 Å². The summed E-state index contributed by atoms with van der Waals surface area (Å²) in [5, 5.41) is 17.6. The Morgan fingerprint density at radius 2 is 0.722 bits per heavy atom. The molecule has 0 fully saturated rings. The second-order valence-corrected chi connectivity index (χ2v) is 15.2. The summed E-state index contributed by atoms with van der Waals surface area (Å²) >= 11 is 0. The monoisotopic (exact) mass is 689 g/mol. The van der Waals surface area contributed by atoms with Crippen LogP contribution in [0.1, 0.15) is 0 Å².